The van der Waals surface area contributed by atoms with Crippen LogP contribution in [0.5, 0.6) is 5.75 Å². The summed E-state index contributed by atoms with van der Waals surface area (Å²) in [7, 11) is 2.01. The predicted molar refractivity (Wildman–Crippen MR) is 84.1 cm³/mol. The molecule has 0 spiro atoms. The van der Waals surface area contributed by atoms with Crippen LogP contribution < -0.4 is 10.1 Å². The molecule has 0 amide bonds. The van der Waals surface area contributed by atoms with Crippen molar-refractivity contribution in [3.8, 4) is 18.1 Å². The molecule has 1 heterocycles. The van der Waals surface area contributed by atoms with Crippen LogP contribution in [0.3, 0.4) is 0 Å². The Bertz CT molecular complexity index is 595. The Kier molecular flexibility index (Phi) is 5.42. The van der Waals surface area contributed by atoms with Gasteiger partial charge in [-0.25, -0.2) is 4.98 Å². The number of benzene rings is 1. The second-order valence-corrected chi connectivity index (χ2v) is 4.98. The second kappa shape index (κ2) is 7.51. The minimum atomic E-state index is 0.292. The molecule has 0 aliphatic heterocycles. The van der Waals surface area contributed by atoms with Crippen molar-refractivity contribution in [1.82, 2.24) is 14.9 Å². The van der Waals surface area contributed by atoms with Crippen LogP contribution in [0.15, 0.2) is 36.8 Å². The van der Waals surface area contributed by atoms with Gasteiger partial charge in [-0.15, -0.1) is 6.42 Å². The average Bonchev–Trinajstić information content (AvgIpc) is 2.91. The van der Waals surface area contributed by atoms with Crippen molar-refractivity contribution in [3.05, 3.63) is 48.0 Å². The van der Waals surface area contributed by atoms with E-state index in [0.717, 1.165) is 18.7 Å². The molecule has 0 radical (unpaired) electrons. The number of nitrogens with zero attached hydrogens (tertiary/aromatic N) is 2. The summed E-state index contributed by atoms with van der Waals surface area (Å²) in [5.74, 6) is 3.26. The maximum atomic E-state index is 5.37. The van der Waals surface area contributed by atoms with E-state index in [1.165, 1.54) is 11.3 Å². The smallest absolute Gasteiger partial charge is 0.148 e. The van der Waals surface area contributed by atoms with E-state index in [-0.39, 0.29) is 0 Å². The Morgan fingerprint density at radius 2 is 2.14 bits per heavy atom. The number of aryl methyl sites for hydroxylation is 1. The molecule has 2 rings (SSSR count). The number of hydrogen-bond donors (Lipinski definition) is 1. The van der Waals surface area contributed by atoms with Gasteiger partial charge in [0.05, 0.1) is 6.33 Å². The number of nitrogens with one attached hydrogen (secondary N) is 1. The number of terminal acetylenes is 1. The zero-order valence-electron chi connectivity index (χ0n) is 12.5. The van der Waals surface area contributed by atoms with E-state index in [0.29, 0.717) is 12.6 Å². The molecule has 21 heavy (non-hydrogen) atoms. The molecule has 1 aromatic carbocycles. The Balaban J connectivity index is 1.81. The van der Waals surface area contributed by atoms with Crippen LogP contribution in [-0.4, -0.2) is 22.7 Å². The number of ether oxygens (including phenoxy) is 1. The van der Waals surface area contributed by atoms with Gasteiger partial charge in [-0.1, -0.05) is 18.1 Å². The van der Waals surface area contributed by atoms with Gasteiger partial charge in [0.25, 0.3) is 0 Å². The normalized spacial score (nSPS) is 11.9. The topological polar surface area (TPSA) is 39.1 Å². The first-order chi connectivity index (χ1) is 10.2. The van der Waals surface area contributed by atoms with Crippen LogP contribution >= 0.6 is 0 Å². The van der Waals surface area contributed by atoms with Crippen molar-refractivity contribution in [1.29, 1.82) is 0 Å². The zero-order chi connectivity index (χ0) is 15.1. The van der Waals surface area contributed by atoms with Gasteiger partial charge < -0.3 is 14.6 Å². The predicted octanol–water partition coefficient (Wildman–Crippen LogP) is 2.33. The lowest BCUT2D eigenvalue weighted by atomic mass is 10.1. The quantitative estimate of drug-likeness (QED) is 0.793. The summed E-state index contributed by atoms with van der Waals surface area (Å²) in [5.41, 5.74) is 2.46. The lowest BCUT2D eigenvalue weighted by Gasteiger charge is -2.15. The molecule has 0 fully saturated rings. The molecule has 0 unspecified atom stereocenters. The van der Waals surface area contributed by atoms with E-state index in [4.69, 9.17) is 11.2 Å². The summed E-state index contributed by atoms with van der Waals surface area (Å²) in [6.45, 7) is 3.37. The van der Waals surface area contributed by atoms with Gasteiger partial charge in [-0.3, -0.25) is 0 Å². The van der Waals surface area contributed by atoms with Crippen LogP contribution in [-0.2, 0) is 13.5 Å². The van der Waals surface area contributed by atoms with Crippen molar-refractivity contribution < 1.29 is 4.74 Å². The summed E-state index contributed by atoms with van der Waals surface area (Å²) in [6, 6.07) is 8.32. The third-order valence-electron chi connectivity index (χ3n) is 3.45. The van der Waals surface area contributed by atoms with E-state index in [9.17, 15) is 0 Å². The minimum Gasteiger partial charge on any atom is -0.481 e. The summed E-state index contributed by atoms with van der Waals surface area (Å²) in [6.07, 6.45) is 9.87. The minimum absolute atomic E-state index is 0.292. The summed E-state index contributed by atoms with van der Waals surface area (Å²) in [5, 5.41) is 3.51. The highest BCUT2D eigenvalue weighted by Gasteiger charge is 2.05. The third-order valence-corrected chi connectivity index (χ3v) is 3.45. The summed E-state index contributed by atoms with van der Waals surface area (Å²) >= 11 is 0. The highest BCUT2D eigenvalue weighted by molar-refractivity contribution is 5.29. The van der Waals surface area contributed by atoms with E-state index < -0.39 is 0 Å². The molecule has 110 valence electrons. The second-order valence-electron chi connectivity index (χ2n) is 4.98. The summed E-state index contributed by atoms with van der Waals surface area (Å²) < 4.78 is 7.41. The molecule has 0 bridgehead atoms. The molecule has 1 aromatic heterocycles. The highest BCUT2D eigenvalue weighted by atomic mass is 16.5. The molecule has 2 aromatic rings. The van der Waals surface area contributed by atoms with Gasteiger partial charge in [0.1, 0.15) is 12.4 Å². The van der Waals surface area contributed by atoms with Gasteiger partial charge in [-0.05, 0) is 24.6 Å². The van der Waals surface area contributed by atoms with E-state index in [1.807, 2.05) is 36.3 Å². The highest BCUT2D eigenvalue weighted by Crippen LogP contribution is 2.17. The Morgan fingerprint density at radius 1 is 1.38 bits per heavy atom. The molecule has 4 heteroatoms. The SMILES string of the molecule is C#CCOc1ccc([C@H](C)NCCc2cncn2C)cc1. The Hall–Kier alpha value is -2.25. The van der Waals surface area contributed by atoms with E-state index in [2.05, 4.69) is 35.3 Å². The van der Waals surface area contributed by atoms with Crippen molar-refractivity contribution in [2.24, 2.45) is 7.05 Å². The molecule has 0 saturated carbocycles. The maximum Gasteiger partial charge on any atom is 0.148 e. The fraction of sp³-hybridized carbons (Fsp3) is 0.353. The van der Waals surface area contributed by atoms with Crippen LogP contribution in [0.25, 0.3) is 0 Å². The van der Waals surface area contributed by atoms with Crippen molar-refractivity contribution in [3.63, 3.8) is 0 Å². The standard InChI is InChI=1S/C17H21N3O/c1-4-11-21-17-7-5-15(6-8-17)14(2)19-10-9-16-12-18-13-20(16)3/h1,5-8,12-14,19H,9-11H2,2-3H3/t14-/m0/s1. The third kappa shape index (κ3) is 4.37. The number of aromatic nitrogens is 2. The number of imidazole rings is 1. The van der Waals surface area contributed by atoms with Crippen LogP contribution in [0.4, 0.5) is 0 Å². The Labute approximate surface area is 126 Å². The van der Waals surface area contributed by atoms with Crippen molar-refractivity contribution >= 4 is 0 Å². The lowest BCUT2D eigenvalue weighted by molar-refractivity contribution is 0.370. The first-order valence-corrected chi connectivity index (χ1v) is 7.05. The molecular weight excluding hydrogens is 262 g/mol. The van der Waals surface area contributed by atoms with Crippen LogP contribution in [0.2, 0.25) is 0 Å². The molecule has 0 saturated heterocycles. The van der Waals surface area contributed by atoms with Crippen molar-refractivity contribution in [2.45, 2.75) is 19.4 Å². The van der Waals surface area contributed by atoms with E-state index in [1.54, 1.807) is 0 Å². The van der Waals surface area contributed by atoms with Gasteiger partial charge in [0.15, 0.2) is 0 Å². The van der Waals surface area contributed by atoms with Crippen LogP contribution in [0, 0.1) is 12.3 Å². The largest absolute Gasteiger partial charge is 0.481 e. The zero-order valence-corrected chi connectivity index (χ0v) is 12.5. The molecular formula is C17H21N3O. The van der Waals surface area contributed by atoms with Gasteiger partial charge >= 0.3 is 0 Å². The first-order valence-electron chi connectivity index (χ1n) is 7.05. The average molecular weight is 283 g/mol. The number of rotatable bonds is 7. The number of hydrogen-bond acceptors (Lipinski definition) is 3. The molecule has 0 aliphatic rings. The van der Waals surface area contributed by atoms with Crippen molar-refractivity contribution in [2.75, 3.05) is 13.2 Å². The Morgan fingerprint density at radius 3 is 2.76 bits per heavy atom. The van der Waals surface area contributed by atoms with Gasteiger partial charge in [0.2, 0.25) is 0 Å². The molecule has 0 aliphatic carbocycles. The van der Waals surface area contributed by atoms with Gasteiger partial charge in [0, 0.05) is 37.9 Å². The molecule has 1 atom stereocenters. The maximum absolute atomic E-state index is 5.37. The molecule has 1 N–H and O–H groups in total. The summed E-state index contributed by atoms with van der Waals surface area (Å²) in [4.78, 5) is 4.12. The van der Waals surface area contributed by atoms with E-state index >= 15 is 0 Å². The van der Waals surface area contributed by atoms with Crippen LogP contribution in [0.1, 0.15) is 24.2 Å². The fourth-order valence-corrected chi connectivity index (χ4v) is 2.14. The monoisotopic (exact) mass is 283 g/mol. The molecule has 4 nitrogen and oxygen atoms in total. The van der Waals surface area contributed by atoms with Gasteiger partial charge in [-0.2, -0.15) is 0 Å². The fourth-order valence-electron chi connectivity index (χ4n) is 2.14. The lowest BCUT2D eigenvalue weighted by Crippen LogP contribution is -2.22. The first kappa shape index (κ1) is 15.1.